The Bertz CT molecular complexity index is 1000. The van der Waals surface area contributed by atoms with Crippen molar-refractivity contribution >= 4 is 34.1 Å². The summed E-state index contributed by atoms with van der Waals surface area (Å²) in [5.74, 6) is -1.96. The van der Waals surface area contributed by atoms with Gasteiger partial charge in [-0.3, -0.25) is 9.59 Å². The second-order valence-electron chi connectivity index (χ2n) is 5.85. The van der Waals surface area contributed by atoms with Gasteiger partial charge in [0.1, 0.15) is 5.75 Å². The summed E-state index contributed by atoms with van der Waals surface area (Å²) in [6.07, 6.45) is 0.806. The summed E-state index contributed by atoms with van der Waals surface area (Å²) in [7, 11) is 0. The van der Waals surface area contributed by atoms with Gasteiger partial charge >= 0.3 is 5.97 Å². The second kappa shape index (κ2) is 5.31. The third-order valence-corrected chi connectivity index (χ3v) is 4.43. The van der Waals surface area contributed by atoms with Crippen LogP contribution in [0.2, 0.25) is 0 Å². The molecule has 0 bridgehead atoms. The highest BCUT2D eigenvalue weighted by atomic mass is 16.5. The molecule has 0 saturated heterocycles. The Hall–Kier alpha value is -3.41. The molecule has 6 heteroatoms. The maximum atomic E-state index is 12.1. The van der Waals surface area contributed by atoms with Crippen molar-refractivity contribution in [3.05, 3.63) is 59.8 Å². The number of amides is 2. The van der Waals surface area contributed by atoms with Crippen LogP contribution in [-0.4, -0.2) is 33.9 Å². The molecule has 0 fully saturated rings. The van der Waals surface area contributed by atoms with E-state index in [0.717, 1.165) is 27.8 Å². The lowest BCUT2D eigenvalue weighted by Crippen LogP contribution is -2.43. The maximum Gasteiger partial charge on any atom is 0.351 e. The number of ether oxygens (including phenoxy) is 1. The number of hydrogen-bond donors (Lipinski definition) is 1. The first kappa shape index (κ1) is 15.1. The number of carboxylic acids is 1. The third-order valence-electron chi connectivity index (χ3n) is 4.43. The van der Waals surface area contributed by atoms with Crippen molar-refractivity contribution in [2.24, 2.45) is 0 Å². The number of fused-ring (bicyclic) bond motifs is 3. The smallest absolute Gasteiger partial charge is 0.351 e. The zero-order chi connectivity index (χ0) is 17.7. The van der Waals surface area contributed by atoms with E-state index < -0.39 is 23.9 Å². The van der Waals surface area contributed by atoms with E-state index in [0.29, 0.717) is 16.9 Å². The largest absolute Gasteiger partial charge is 0.478 e. The highest BCUT2D eigenvalue weighted by Gasteiger charge is 2.41. The molecule has 0 saturated carbocycles. The van der Waals surface area contributed by atoms with Crippen LogP contribution in [0.1, 0.15) is 12.5 Å². The minimum atomic E-state index is -1.44. The van der Waals surface area contributed by atoms with Gasteiger partial charge in [0.2, 0.25) is 6.10 Å². The first-order valence-corrected chi connectivity index (χ1v) is 7.67. The van der Waals surface area contributed by atoms with Crippen LogP contribution in [-0.2, 0) is 14.4 Å². The van der Waals surface area contributed by atoms with E-state index in [1.165, 1.54) is 0 Å². The van der Waals surface area contributed by atoms with Gasteiger partial charge in [-0.1, -0.05) is 36.4 Å². The van der Waals surface area contributed by atoms with E-state index in [2.05, 4.69) is 0 Å². The number of allylic oxidation sites excluding steroid dienone is 1. The van der Waals surface area contributed by atoms with Crippen molar-refractivity contribution in [2.75, 3.05) is 0 Å². The first-order valence-electron chi connectivity index (χ1n) is 7.67. The molecule has 2 aromatic rings. The molecule has 0 spiro atoms. The molecule has 1 atom stereocenters. The molecule has 1 N–H and O–H groups in total. The van der Waals surface area contributed by atoms with Crippen LogP contribution in [0.4, 0.5) is 0 Å². The predicted octanol–water partition coefficient (Wildman–Crippen LogP) is 2.34. The molecule has 2 aromatic carbocycles. The highest BCUT2D eigenvalue weighted by Crippen LogP contribution is 2.42. The van der Waals surface area contributed by atoms with Crippen LogP contribution in [0.5, 0.6) is 5.75 Å². The molecule has 4 rings (SSSR count). The van der Waals surface area contributed by atoms with Crippen LogP contribution >= 0.6 is 0 Å². The fourth-order valence-electron chi connectivity index (χ4n) is 3.26. The number of aliphatic carboxylic acids is 1. The van der Waals surface area contributed by atoms with Gasteiger partial charge in [0.15, 0.2) is 0 Å². The molecule has 124 valence electrons. The Morgan fingerprint density at radius 3 is 2.44 bits per heavy atom. The minimum Gasteiger partial charge on any atom is -0.478 e. The number of carboxylic acid groups (broad SMARTS) is 1. The van der Waals surface area contributed by atoms with Gasteiger partial charge in [0.25, 0.3) is 11.8 Å². The zero-order valence-corrected chi connectivity index (χ0v) is 13.2. The molecule has 2 aliphatic rings. The number of hydrogen-bond acceptors (Lipinski definition) is 4. The molecule has 0 radical (unpaired) electrons. The number of benzene rings is 2. The highest BCUT2D eigenvalue weighted by molar-refractivity contribution is 6.16. The lowest BCUT2D eigenvalue weighted by molar-refractivity contribution is -0.145. The zero-order valence-electron chi connectivity index (χ0n) is 13.2. The number of carbonyl (C=O) groups excluding carboxylic acids is 2. The summed E-state index contributed by atoms with van der Waals surface area (Å²) in [4.78, 5) is 36.8. The number of carbonyl (C=O) groups is 3. The van der Waals surface area contributed by atoms with Gasteiger partial charge in [0.05, 0.1) is 5.70 Å². The van der Waals surface area contributed by atoms with Gasteiger partial charge < -0.3 is 9.84 Å². The molecule has 25 heavy (non-hydrogen) atoms. The predicted molar refractivity (Wildman–Crippen MR) is 89.6 cm³/mol. The molecule has 2 aliphatic heterocycles. The van der Waals surface area contributed by atoms with E-state index in [-0.39, 0.29) is 5.70 Å². The molecule has 0 aliphatic carbocycles. The summed E-state index contributed by atoms with van der Waals surface area (Å²) in [6, 6.07) is 11.2. The van der Waals surface area contributed by atoms with Gasteiger partial charge in [-0.2, -0.15) is 0 Å². The number of imide groups is 1. The lowest BCUT2D eigenvalue weighted by Gasteiger charge is -2.32. The molecule has 0 aromatic heterocycles. The molecule has 1 unspecified atom stereocenters. The standard InChI is InChI=1S/C19H13NO5/c1-10-12-7-6-11-4-2-3-5-13(11)17(12)25-18(19(23)24)16(10)20-14(21)8-9-15(20)22/h2-9,18H,1H3,(H,23,24). The Morgan fingerprint density at radius 1 is 1.08 bits per heavy atom. The summed E-state index contributed by atoms with van der Waals surface area (Å²) < 4.78 is 5.77. The van der Waals surface area contributed by atoms with Crippen molar-refractivity contribution in [2.45, 2.75) is 13.0 Å². The van der Waals surface area contributed by atoms with Crippen molar-refractivity contribution in [3.63, 3.8) is 0 Å². The maximum absolute atomic E-state index is 12.1. The molecule has 2 heterocycles. The molecular formula is C19H13NO5. The van der Waals surface area contributed by atoms with E-state index in [1.807, 2.05) is 36.4 Å². The van der Waals surface area contributed by atoms with Crippen LogP contribution in [0.3, 0.4) is 0 Å². The summed E-state index contributed by atoms with van der Waals surface area (Å²) in [5, 5.41) is 11.3. The fourth-order valence-corrected chi connectivity index (χ4v) is 3.26. The van der Waals surface area contributed by atoms with Gasteiger partial charge in [-0.15, -0.1) is 0 Å². The Labute approximate surface area is 142 Å². The van der Waals surface area contributed by atoms with E-state index in [1.54, 1.807) is 6.92 Å². The van der Waals surface area contributed by atoms with Crippen molar-refractivity contribution < 1.29 is 24.2 Å². The second-order valence-corrected chi connectivity index (χ2v) is 5.85. The lowest BCUT2D eigenvalue weighted by atomic mass is 9.94. The monoisotopic (exact) mass is 335 g/mol. The SMILES string of the molecule is CC1=C(N2C(=O)C=CC2=O)C(C(=O)O)Oc2c1ccc1ccccc21. The van der Waals surface area contributed by atoms with E-state index >= 15 is 0 Å². The first-order chi connectivity index (χ1) is 12.0. The Kier molecular flexibility index (Phi) is 3.21. The van der Waals surface area contributed by atoms with Crippen LogP contribution in [0, 0.1) is 0 Å². The Balaban J connectivity index is 1.99. The van der Waals surface area contributed by atoms with Crippen LogP contribution < -0.4 is 4.74 Å². The van der Waals surface area contributed by atoms with Gasteiger partial charge in [-0.25, -0.2) is 9.69 Å². The van der Waals surface area contributed by atoms with Crippen LogP contribution in [0.15, 0.2) is 54.2 Å². The summed E-state index contributed by atoms with van der Waals surface area (Å²) in [6.45, 7) is 1.69. The Morgan fingerprint density at radius 2 is 1.76 bits per heavy atom. The molecular weight excluding hydrogens is 322 g/mol. The topological polar surface area (TPSA) is 83.9 Å². The average molecular weight is 335 g/mol. The van der Waals surface area contributed by atoms with Crippen molar-refractivity contribution in [1.82, 2.24) is 4.90 Å². The number of nitrogens with zero attached hydrogens (tertiary/aromatic N) is 1. The van der Waals surface area contributed by atoms with Crippen molar-refractivity contribution in [1.29, 1.82) is 0 Å². The normalized spacial score (nSPS) is 19.4. The summed E-state index contributed by atoms with van der Waals surface area (Å²) in [5.41, 5.74) is 1.25. The molecule has 6 nitrogen and oxygen atoms in total. The van der Waals surface area contributed by atoms with E-state index in [9.17, 15) is 19.5 Å². The molecule has 2 amide bonds. The summed E-state index contributed by atoms with van der Waals surface area (Å²) >= 11 is 0. The van der Waals surface area contributed by atoms with Gasteiger partial charge in [0, 0.05) is 23.1 Å². The average Bonchev–Trinajstić information content (AvgIpc) is 2.93. The quantitative estimate of drug-likeness (QED) is 0.852. The third kappa shape index (κ3) is 2.15. The minimum absolute atomic E-state index is 0.0512. The van der Waals surface area contributed by atoms with Crippen LogP contribution in [0.25, 0.3) is 16.3 Å². The van der Waals surface area contributed by atoms with Crippen molar-refractivity contribution in [3.8, 4) is 5.75 Å². The fraction of sp³-hybridized carbons (Fsp3) is 0.105. The van der Waals surface area contributed by atoms with Gasteiger partial charge in [-0.05, 0) is 17.9 Å². The van der Waals surface area contributed by atoms with E-state index in [4.69, 9.17) is 4.74 Å². The number of rotatable bonds is 2.